The third-order valence-electron chi connectivity index (χ3n) is 3.19. The summed E-state index contributed by atoms with van der Waals surface area (Å²) in [6.45, 7) is 2.31. The molecule has 0 aromatic carbocycles. The number of aromatic nitrogens is 2. The minimum absolute atomic E-state index is 0.0330. The largest absolute Gasteiger partial charge is 0.316 e. The molecule has 0 unspecified atom stereocenters. The number of rotatable bonds is 5. The molecular formula is C11H20N4O2S2. The summed E-state index contributed by atoms with van der Waals surface area (Å²) in [4.78, 5) is 0. The van der Waals surface area contributed by atoms with Crippen LogP contribution in [0.3, 0.4) is 0 Å². The number of aryl methyl sites for hydroxylation is 1. The van der Waals surface area contributed by atoms with E-state index in [2.05, 4.69) is 20.2 Å². The second-order valence-corrected chi connectivity index (χ2v) is 7.52. The van der Waals surface area contributed by atoms with E-state index in [1.54, 1.807) is 7.05 Å². The Labute approximate surface area is 118 Å². The van der Waals surface area contributed by atoms with Gasteiger partial charge in [-0.3, -0.25) is 5.10 Å². The highest BCUT2D eigenvalue weighted by Crippen LogP contribution is 2.21. The number of aromatic amines is 1. The van der Waals surface area contributed by atoms with E-state index in [9.17, 15) is 8.42 Å². The highest BCUT2D eigenvalue weighted by Gasteiger charge is 2.27. The molecule has 3 N–H and O–H groups in total. The fourth-order valence-electron chi connectivity index (χ4n) is 2.13. The van der Waals surface area contributed by atoms with Crippen LogP contribution in [-0.2, 0) is 16.6 Å². The molecule has 2 rings (SSSR count). The molecule has 0 spiro atoms. The highest BCUT2D eigenvalue weighted by atomic mass is 32.2. The van der Waals surface area contributed by atoms with E-state index in [0.29, 0.717) is 12.1 Å². The molecule has 108 valence electrons. The van der Waals surface area contributed by atoms with Gasteiger partial charge in [0, 0.05) is 23.8 Å². The summed E-state index contributed by atoms with van der Waals surface area (Å²) in [5.74, 6) is 2.02. The minimum atomic E-state index is -3.53. The quantitative estimate of drug-likeness (QED) is 0.742. The Balaban J connectivity index is 2.18. The van der Waals surface area contributed by atoms with Gasteiger partial charge >= 0.3 is 0 Å². The summed E-state index contributed by atoms with van der Waals surface area (Å²) in [6, 6.07) is 0.0330. The topological polar surface area (TPSA) is 86.9 Å². The summed E-state index contributed by atoms with van der Waals surface area (Å²) in [7, 11) is -1.75. The van der Waals surface area contributed by atoms with E-state index < -0.39 is 10.0 Å². The van der Waals surface area contributed by atoms with Crippen LogP contribution in [0.1, 0.15) is 24.1 Å². The zero-order valence-corrected chi connectivity index (χ0v) is 12.8. The van der Waals surface area contributed by atoms with Gasteiger partial charge in [0.2, 0.25) is 0 Å². The smallest absolute Gasteiger partial charge is 0.260 e. The van der Waals surface area contributed by atoms with Gasteiger partial charge in [0.25, 0.3) is 10.0 Å². The van der Waals surface area contributed by atoms with Gasteiger partial charge in [-0.15, -0.1) is 0 Å². The van der Waals surface area contributed by atoms with Crippen molar-refractivity contribution in [3.8, 4) is 0 Å². The van der Waals surface area contributed by atoms with Crippen LogP contribution in [0.5, 0.6) is 0 Å². The van der Waals surface area contributed by atoms with Gasteiger partial charge in [-0.2, -0.15) is 16.9 Å². The van der Waals surface area contributed by atoms with Crippen molar-refractivity contribution in [3.05, 3.63) is 11.3 Å². The maximum atomic E-state index is 12.4. The van der Waals surface area contributed by atoms with E-state index >= 15 is 0 Å². The fourth-order valence-corrected chi connectivity index (χ4v) is 4.74. The summed E-state index contributed by atoms with van der Waals surface area (Å²) >= 11 is 1.87. The predicted octanol–water partition coefficient (Wildman–Crippen LogP) is 0.611. The Morgan fingerprint density at radius 3 is 2.74 bits per heavy atom. The lowest BCUT2D eigenvalue weighted by Crippen LogP contribution is -2.38. The Hall–Kier alpha value is -0.570. The van der Waals surface area contributed by atoms with Gasteiger partial charge in [-0.05, 0) is 38.3 Å². The highest BCUT2D eigenvalue weighted by molar-refractivity contribution is 7.99. The summed E-state index contributed by atoms with van der Waals surface area (Å²) in [5.41, 5.74) is 1.49. The van der Waals surface area contributed by atoms with Crippen molar-refractivity contribution >= 4 is 21.8 Å². The van der Waals surface area contributed by atoms with Crippen LogP contribution >= 0.6 is 11.8 Å². The first-order valence-corrected chi connectivity index (χ1v) is 8.97. The van der Waals surface area contributed by atoms with E-state index in [0.717, 1.165) is 30.0 Å². The Bertz CT molecular complexity index is 521. The maximum Gasteiger partial charge on any atom is 0.260 e. The number of thioether (sulfide) groups is 1. The fraction of sp³-hybridized carbons (Fsp3) is 0.727. The number of H-pyrrole nitrogens is 1. The van der Waals surface area contributed by atoms with Crippen molar-refractivity contribution in [1.82, 2.24) is 20.2 Å². The molecule has 2 heterocycles. The molecule has 1 fully saturated rings. The first-order chi connectivity index (χ1) is 9.04. The standard InChI is InChI=1S/C11H20N4O2S2/c1-8-10(7-12-2)11(14-13-8)19(16,17)15-9-3-5-18-6-4-9/h9,12,15H,3-7H2,1-2H3,(H,13,14). The molecule has 0 amide bonds. The number of hydrogen-bond acceptors (Lipinski definition) is 5. The van der Waals surface area contributed by atoms with Crippen LogP contribution in [0.2, 0.25) is 0 Å². The van der Waals surface area contributed by atoms with Crippen LogP contribution < -0.4 is 10.0 Å². The molecule has 19 heavy (non-hydrogen) atoms. The molecule has 0 radical (unpaired) electrons. The van der Waals surface area contributed by atoms with Crippen LogP contribution in [0.15, 0.2) is 5.03 Å². The lowest BCUT2D eigenvalue weighted by Gasteiger charge is -2.22. The molecular weight excluding hydrogens is 284 g/mol. The molecule has 1 aromatic rings. The van der Waals surface area contributed by atoms with Gasteiger partial charge in [-0.25, -0.2) is 13.1 Å². The van der Waals surface area contributed by atoms with E-state index in [-0.39, 0.29) is 11.1 Å². The second kappa shape index (κ2) is 6.25. The molecule has 0 bridgehead atoms. The van der Waals surface area contributed by atoms with Crippen molar-refractivity contribution in [2.75, 3.05) is 18.6 Å². The average Bonchev–Trinajstić information content (AvgIpc) is 2.73. The molecule has 0 atom stereocenters. The van der Waals surface area contributed by atoms with E-state index in [1.165, 1.54) is 0 Å². The molecule has 1 aliphatic rings. The normalized spacial score (nSPS) is 17.8. The number of nitrogens with zero attached hydrogens (tertiary/aromatic N) is 1. The van der Waals surface area contributed by atoms with Crippen LogP contribution in [0.25, 0.3) is 0 Å². The third kappa shape index (κ3) is 3.50. The zero-order valence-electron chi connectivity index (χ0n) is 11.2. The van der Waals surface area contributed by atoms with Crippen molar-refractivity contribution in [3.63, 3.8) is 0 Å². The molecule has 1 saturated heterocycles. The van der Waals surface area contributed by atoms with Crippen molar-refractivity contribution < 1.29 is 8.42 Å². The second-order valence-electron chi connectivity index (χ2n) is 4.67. The van der Waals surface area contributed by atoms with Gasteiger partial charge in [0.05, 0.1) is 0 Å². The summed E-state index contributed by atoms with van der Waals surface area (Å²) in [6.07, 6.45) is 1.77. The number of hydrogen-bond donors (Lipinski definition) is 3. The van der Waals surface area contributed by atoms with Crippen LogP contribution in [0.4, 0.5) is 0 Å². The molecule has 1 aliphatic heterocycles. The lowest BCUT2D eigenvalue weighted by atomic mass is 10.2. The Kier molecular flexibility index (Phi) is 4.88. The zero-order chi connectivity index (χ0) is 13.9. The van der Waals surface area contributed by atoms with E-state index in [4.69, 9.17) is 0 Å². The van der Waals surface area contributed by atoms with Gasteiger partial charge in [0.15, 0.2) is 5.03 Å². The average molecular weight is 304 g/mol. The van der Waals surface area contributed by atoms with Crippen molar-refractivity contribution in [2.24, 2.45) is 0 Å². The lowest BCUT2D eigenvalue weighted by molar-refractivity contribution is 0.525. The Morgan fingerprint density at radius 1 is 1.42 bits per heavy atom. The first-order valence-electron chi connectivity index (χ1n) is 6.33. The van der Waals surface area contributed by atoms with Gasteiger partial charge in [-0.1, -0.05) is 0 Å². The maximum absolute atomic E-state index is 12.4. The van der Waals surface area contributed by atoms with Crippen molar-refractivity contribution in [1.29, 1.82) is 0 Å². The van der Waals surface area contributed by atoms with Crippen LogP contribution in [0, 0.1) is 6.92 Å². The number of nitrogens with one attached hydrogen (secondary N) is 3. The monoisotopic (exact) mass is 304 g/mol. The molecule has 1 aromatic heterocycles. The van der Waals surface area contributed by atoms with Gasteiger partial charge in [0.1, 0.15) is 0 Å². The molecule has 8 heteroatoms. The molecule has 0 aliphatic carbocycles. The van der Waals surface area contributed by atoms with Crippen LogP contribution in [-0.4, -0.2) is 43.2 Å². The minimum Gasteiger partial charge on any atom is -0.316 e. The first kappa shape index (κ1) is 14.8. The van der Waals surface area contributed by atoms with Gasteiger partial charge < -0.3 is 5.32 Å². The summed E-state index contributed by atoms with van der Waals surface area (Å²) in [5, 5.41) is 9.80. The SMILES string of the molecule is CNCc1c(S(=O)(=O)NC2CCSCC2)n[nH]c1C. The predicted molar refractivity (Wildman–Crippen MR) is 76.8 cm³/mol. The van der Waals surface area contributed by atoms with E-state index in [1.807, 2.05) is 18.7 Å². The molecule has 6 nitrogen and oxygen atoms in total. The Morgan fingerprint density at radius 2 is 2.11 bits per heavy atom. The summed E-state index contributed by atoms with van der Waals surface area (Å²) < 4.78 is 27.5. The third-order valence-corrected chi connectivity index (χ3v) is 5.73. The molecule has 0 saturated carbocycles. The number of sulfonamides is 1. The van der Waals surface area contributed by atoms with Crippen molar-refractivity contribution in [2.45, 2.75) is 37.4 Å².